The number of β-amino-alcohol motifs (C(OH)–C–C–N with tert-alkyl or cyclic N) is 1. The standard InChI is InChI=1S/C9H19NO3/c1-3-4-10-5-7(11)9(13)8(12)6(10)2/h6-9,11-13H,3-5H2,1-2H3/t6-,7-,8-,9+/m1/s1. The molecule has 4 atom stereocenters. The number of hydrogen-bond donors (Lipinski definition) is 3. The Labute approximate surface area is 78.8 Å². The molecule has 0 bridgehead atoms. The SMILES string of the molecule is CCCN1C[C@@H](O)[C@H](O)[C@H](O)[C@H]1C. The minimum absolute atomic E-state index is 0.0710. The Morgan fingerprint density at radius 1 is 1.23 bits per heavy atom. The van der Waals surface area contributed by atoms with E-state index >= 15 is 0 Å². The van der Waals surface area contributed by atoms with Gasteiger partial charge < -0.3 is 15.3 Å². The summed E-state index contributed by atoms with van der Waals surface area (Å²) in [5.74, 6) is 0. The lowest BCUT2D eigenvalue weighted by Crippen LogP contribution is -2.60. The molecule has 4 nitrogen and oxygen atoms in total. The van der Waals surface area contributed by atoms with Gasteiger partial charge >= 0.3 is 0 Å². The molecular weight excluding hydrogens is 170 g/mol. The van der Waals surface area contributed by atoms with E-state index in [-0.39, 0.29) is 6.04 Å². The van der Waals surface area contributed by atoms with Crippen LogP contribution < -0.4 is 0 Å². The van der Waals surface area contributed by atoms with Crippen LogP contribution >= 0.6 is 0 Å². The predicted octanol–water partition coefficient (Wildman–Crippen LogP) is -0.817. The number of hydrogen-bond acceptors (Lipinski definition) is 4. The van der Waals surface area contributed by atoms with Gasteiger partial charge in [0.15, 0.2) is 0 Å². The third-order valence-corrected chi connectivity index (χ3v) is 2.75. The van der Waals surface area contributed by atoms with Crippen LogP contribution in [0.2, 0.25) is 0 Å². The van der Waals surface area contributed by atoms with Crippen molar-refractivity contribution in [3.8, 4) is 0 Å². The largest absolute Gasteiger partial charge is 0.389 e. The van der Waals surface area contributed by atoms with Crippen molar-refractivity contribution in [2.45, 2.75) is 44.6 Å². The van der Waals surface area contributed by atoms with Gasteiger partial charge in [0.05, 0.1) is 12.2 Å². The molecule has 1 aliphatic rings. The number of likely N-dealkylation sites (tertiary alicyclic amines) is 1. The Morgan fingerprint density at radius 2 is 1.85 bits per heavy atom. The summed E-state index contributed by atoms with van der Waals surface area (Å²) in [5, 5.41) is 28.3. The van der Waals surface area contributed by atoms with Crippen molar-refractivity contribution in [2.24, 2.45) is 0 Å². The molecule has 0 amide bonds. The molecular formula is C9H19NO3. The second kappa shape index (κ2) is 4.37. The van der Waals surface area contributed by atoms with Crippen molar-refractivity contribution in [1.82, 2.24) is 4.90 Å². The summed E-state index contributed by atoms with van der Waals surface area (Å²) >= 11 is 0. The first-order chi connectivity index (χ1) is 6.07. The number of rotatable bonds is 2. The zero-order valence-corrected chi connectivity index (χ0v) is 8.22. The van der Waals surface area contributed by atoms with Gasteiger partial charge in [-0.25, -0.2) is 0 Å². The highest BCUT2D eigenvalue weighted by atomic mass is 16.4. The quantitative estimate of drug-likeness (QED) is 0.531. The first-order valence-electron chi connectivity index (χ1n) is 4.86. The lowest BCUT2D eigenvalue weighted by atomic mass is 9.95. The molecule has 1 heterocycles. The Morgan fingerprint density at radius 3 is 2.38 bits per heavy atom. The van der Waals surface area contributed by atoms with E-state index in [0.717, 1.165) is 13.0 Å². The molecule has 0 radical (unpaired) electrons. The highest BCUT2D eigenvalue weighted by molar-refractivity contribution is 4.91. The third kappa shape index (κ3) is 2.20. The van der Waals surface area contributed by atoms with Crippen LogP contribution in [0.1, 0.15) is 20.3 Å². The molecule has 13 heavy (non-hydrogen) atoms. The topological polar surface area (TPSA) is 63.9 Å². The van der Waals surface area contributed by atoms with Crippen LogP contribution in [0.3, 0.4) is 0 Å². The van der Waals surface area contributed by atoms with Crippen LogP contribution in [0.4, 0.5) is 0 Å². The Kier molecular flexibility index (Phi) is 3.67. The number of aliphatic hydroxyl groups is 3. The van der Waals surface area contributed by atoms with Crippen LogP contribution in [-0.2, 0) is 0 Å². The van der Waals surface area contributed by atoms with Crippen LogP contribution in [0, 0.1) is 0 Å². The van der Waals surface area contributed by atoms with E-state index in [9.17, 15) is 15.3 Å². The van der Waals surface area contributed by atoms with Crippen molar-refractivity contribution >= 4 is 0 Å². The predicted molar refractivity (Wildman–Crippen MR) is 49.3 cm³/mol. The lowest BCUT2D eigenvalue weighted by Gasteiger charge is -2.42. The smallest absolute Gasteiger partial charge is 0.108 e. The number of piperidine rings is 1. The third-order valence-electron chi connectivity index (χ3n) is 2.75. The molecule has 1 aliphatic heterocycles. The average Bonchev–Trinajstić information content (AvgIpc) is 2.11. The van der Waals surface area contributed by atoms with Crippen LogP contribution in [0.15, 0.2) is 0 Å². The van der Waals surface area contributed by atoms with Gasteiger partial charge in [-0.1, -0.05) is 6.92 Å². The Balaban J connectivity index is 2.59. The van der Waals surface area contributed by atoms with Crippen molar-refractivity contribution < 1.29 is 15.3 Å². The van der Waals surface area contributed by atoms with Crippen molar-refractivity contribution in [3.05, 3.63) is 0 Å². The van der Waals surface area contributed by atoms with E-state index in [1.54, 1.807) is 0 Å². The molecule has 1 saturated heterocycles. The highest BCUT2D eigenvalue weighted by Crippen LogP contribution is 2.18. The highest BCUT2D eigenvalue weighted by Gasteiger charge is 2.38. The molecule has 0 aromatic heterocycles. The van der Waals surface area contributed by atoms with E-state index < -0.39 is 18.3 Å². The van der Waals surface area contributed by atoms with Crippen LogP contribution in [0.5, 0.6) is 0 Å². The average molecular weight is 189 g/mol. The molecule has 3 N–H and O–H groups in total. The maximum atomic E-state index is 9.56. The summed E-state index contributed by atoms with van der Waals surface area (Å²) in [6.07, 6.45) is -1.67. The molecule has 4 heteroatoms. The van der Waals surface area contributed by atoms with Gasteiger partial charge in [0, 0.05) is 12.6 Å². The van der Waals surface area contributed by atoms with Gasteiger partial charge in [-0.3, -0.25) is 4.90 Å². The van der Waals surface area contributed by atoms with Gasteiger partial charge in [0.25, 0.3) is 0 Å². The fourth-order valence-electron chi connectivity index (χ4n) is 1.83. The van der Waals surface area contributed by atoms with Crippen molar-refractivity contribution in [1.29, 1.82) is 0 Å². The Bertz CT molecular complexity index is 165. The molecule has 0 spiro atoms. The minimum Gasteiger partial charge on any atom is -0.389 e. The van der Waals surface area contributed by atoms with E-state index in [1.807, 2.05) is 11.8 Å². The second-order valence-corrected chi connectivity index (χ2v) is 3.78. The lowest BCUT2D eigenvalue weighted by molar-refractivity contribution is -0.132. The molecule has 0 unspecified atom stereocenters. The van der Waals surface area contributed by atoms with Gasteiger partial charge in [0.2, 0.25) is 0 Å². The fraction of sp³-hybridized carbons (Fsp3) is 1.00. The zero-order valence-electron chi connectivity index (χ0n) is 8.22. The summed E-state index contributed by atoms with van der Waals surface area (Å²) in [7, 11) is 0. The number of nitrogens with zero attached hydrogens (tertiary/aromatic N) is 1. The summed E-state index contributed by atoms with van der Waals surface area (Å²) in [6.45, 7) is 5.22. The Hall–Kier alpha value is -0.160. The second-order valence-electron chi connectivity index (χ2n) is 3.78. The molecule has 0 saturated carbocycles. The first-order valence-corrected chi connectivity index (χ1v) is 4.86. The first kappa shape index (κ1) is 10.9. The maximum absolute atomic E-state index is 9.56. The van der Waals surface area contributed by atoms with Crippen molar-refractivity contribution in [2.75, 3.05) is 13.1 Å². The fourth-order valence-corrected chi connectivity index (χ4v) is 1.83. The molecule has 1 fully saturated rings. The number of aliphatic hydroxyl groups excluding tert-OH is 3. The van der Waals surface area contributed by atoms with Crippen LogP contribution in [-0.4, -0.2) is 57.7 Å². The molecule has 0 aromatic carbocycles. The van der Waals surface area contributed by atoms with Crippen molar-refractivity contribution in [3.63, 3.8) is 0 Å². The van der Waals surface area contributed by atoms with Gasteiger partial charge in [-0.15, -0.1) is 0 Å². The summed E-state index contributed by atoms with van der Waals surface area (Å²) in [4.78, 5) is 2.00. The van der Waals surface area contributed by atoms with Gasteiger partial charge in [-0.05, 0) is 19.9 Å². The van der Waals surface area contributed by atoms with E-state index in [2.05, 4.69) is 6.92 Å². The minimum atomic E-state index is -0.997. The molecule has 1 rings (SSSR count). The normalized spacial score (nSPS) is 42.2. The monoisotopic (exact) mass is 189 g/mol. The molecule has 0 aliphatic carbocycles. The maximum Gasteiger partial charge on any atom is 0.108 e. The summed E-state index contributed by atoms with van der Waals surface area (Å²) < 4.78 is 0. The summed E-state index contributed by atoms with van der Waals surface area (Å²) in [6, 6.07) is -0.0710. The van der Waals surface area contributed by atoms with E-state index in [1.165, 1.54) is 0 Å². The van der Waals surface area contributed by atoms with E-state index in [4.69, 9.17) is 0 Å². The molecule has 78 valence electrons. The van der Waals surface area contributed by atoms with Gasteiger partial charge in [0.1, 0.15) is 6.10 Å². The van der Waals surface area contributed by atoms with E-state index in [0.29, 0.717) is 6.54 Å². The summed E-state index contributed by atoms with van der Waals surface area (Å²) in [5.41, 5.74) is 0. The van der Waals surface area contributed by atoms with Crippen LogP contribution in [0.25, 0.3) is 0 Å². The zero-order chi connectivity index (χ0) is 10.0. The molecule has 0 aromatic rings. The van der Waals surface area contributed by atoms with Gasteiger partial charge in [-0.2, -0.15) is 0 Å².